The second kappa shape index (κ2) is 7.25. The van der Waals surface area contributed by atoms with Crippen LogP contribution in [0.4, 0.5) is 0 Å². The molecule has 0 rings (SSSR count). The largest absolute Gasteiger partial charge is 0.271 e. The SMILES string of the molecule is C=C/C=C(\C=C/C)CCNN. The van der Waals surface area contributed by atoms with E-state index in [1.54, 1.807) is 6.08 Å². The summed E-state index contributed by atoms with van der Waals surface area (Å²) < 4.78 is 0. The van der Waals surface area contributed by atoms with Crippen molar-refractivity contribution in [2.24, 2.45) is 5.84 Å². The Morgan fingerprint density at radius 3 is 2.82 bits per heavy atom. The van der Waals surface area contributed by atoms with Gasteiger partial charge < -0.3 is 0 Å². The fourth-order valence-corrected chi connectivity index (χ4v) is 0.804. The number of hydrogen-bond donors (Lipinski definition) is 2. The Labute approximate surface area is 68.4 Å². The average Bonchev–Trinajstić information content (AvgIpc) is 2.01. The van der Waals surface area contributed by atoms with Crippen molar-refractivity contribution in [3.63, 3.8) is 0 Å². The van der Waals surface area contributed by atoms with Crippen LogP contribution in [-0.2, 0) is 0 Å². The molecule has 0 aliphatic heterocycles. The highest BCUT2D eigenvalue weighted by Gasteiger charge is 1.88. The van der Waals surface area contributed by atoms with Crippen LogP contribution in [-0.4, -0.2) is 6.54 Å². The van der Waals surface area contributed by atoms with E-state index < -0.39 is 0 Å². The Morgan fingerprint density at radius 1 is 1.64 bits per heavy atom. The maximum atomic E-state index is 5.14. The van der Waals surface area contributed by atoms with Crippen molar-refractivity contribution in [2.45, 2.75) is 13.3 Å². The molecule has 2 heteroatoms. The number of rotatable bonds is 5. The molecule has 3 N–H and O–H groups in total. The molecule has 11 heavy (non-hydrogen) atoms. The summed E-state index contributed by atoms with van der Waals surface area (Å²) in [6.45, 7) is 6.42. The van der Waals surface area contributed by atoms with Gasteiger partial charge in [0.05, 0.1) is 0 Å². The molecule has 0 aliphatic carbocycles. The monoisotopic (exact) mass is 152 g/mol. The molecule has 62 valence electrons. The summed E-state index contributed by atoms with van der Waals surface area (Å²) in [6.07, 6.45) is 8.76. The van der Waals surface area contributed by atoms with Crippen LogP contribution in [0, 0.1) is 0 Å². The molecule has 0 amide bonds. The average molecular weight is 152 g/mol. The first-order chi connectivity index (χ1) is 5.35. The summed E-state index contributed by atoms with van der Waals surface area (Å²) in [4.78, 5) is 0. The first kappa shape index (κ1) is 10.1. The second-order valence-electron chi connectivity index (χ2n) is 2.18. The molecule has 2 nitrogen and oxygen atoms in total. The molecule has 0 spiro atoms. The van der Waals surface area contributed by atoms with Crippen LogP contribution in [0.15, 0.2) is 36.5 Å². The zero-order valence-corrected chi connectivity index (χ0v) is 7.01. The highest BCUT2D eigenvalue weighted by molar-refractivity contribution is 5.22. The summed E-state index contributed by atoms with van der Waals surface area (Å²) in [5, 5.41) is 0. The normalized spacial score (nSPS) is 12.4. The lowest BCUT2D eigenvalue weighted by Crippen LogP contribution is -2.22. The second-order valence-corrected chi connectivity index (χ2v) is 2.18. The van der Waals surface area contributed by atoms with Gasteiger partial charge in [0.25, 0.3) is 0 Å². The van der Waals surface area contributed by atoms with Gasteiger partial charge in [-0.05, 0) is 18.9 Å². The molecule has 0 bridgehead atoms. The van der Waals surface area contributed by atoms with Gasteiger partial charge in [0.2, 0.25) is 0 Å². The Bertz CT molecular complexity index is 157. The molecule has 0 atom stereocenters. The highest BCUT2D eigenvalue weighted by atomic mass is 15.2. The smallest absolute Gasteiger partial charge is 0.0138 e. The van der Waals surface area contributed by atoms with E-state index in [2.05, 4.69) is 18.1 Å². The molecule has 0 fully saturated rings. The molecule has 0 unspecified atom stereocenters. The van der Waals surface area contributed by atoms with Crippen LogP contribution in [0.2, 0.25) is 0 Å². The van der Waals surface area contributed by atoms with Crippen molar-refractivity contribution in [2.75, 3.05) is 6.54 Å². The summed E-state index contributed by atoms with van der Waals surface area (Å²) in [7, 11) is 0. The summed E-state index contributed by atoms with van der Waals surface area (Å²) in [5.74, 6) is 5.14. The molecule has 0 saturated heterocycles. The number of allylic oxidation sites excluding steroid dienone is 4. The van der Waals surface area contributed by atoms with Gasteiger partial charge in [0.15, 0.2) is 0 Å². The van der Waals surface area contributed by atoms with Crippen LogP contribution in [0.3, 0.4) is 0 Å². The molecule has 0 aromatic carbocycles. The minimum Gasteiger partial charge on any atom is -0.271 e. The zero-order valence-electron chi connectivity index (χ0n) is 7.01. The Hall–Kier alpha value is -0.860. The van der Waals surface area contributed by atoms with Crippen molar-refractivity contribution in [3.8, 4) is 0 Å². The standard InChI is InChI=1S/C9H16N2/c1-3-5-9(6-4-2)7-8-11-10/h3-6,11H,1,7-8,10H2,2H3/b6-4-,9-5+. The first-order valence-electron chi connectivity index (χ1n) is 3.73. The fraction of sp³-hybridized carbons (Fsp3) is 0.333. The van der Waals surface area contributed by atoms with Gasteiger partial charge in [-0.2, -0.15) is 0 Å². The number of hydrogen-bond acceptors (Lipinski definition) is 2. The molecule has 0 aliphatic rings. The molecular formula is C9H16N2. The summed E-state index contributed by atoms with van der Waals surface area (Å²) in [5.41, 5.74) is 3.84. The van der Waals surface area contributed by atoms with Gasteiger partial charge in [-0.1, -0.05) is 30.9 Å². The van der Waals surface area contributed by atoms with E-state index in [0.717, 1.165) is 13.0 Å². The van der Waals surface area contributed by atoms with E-state index >= 15 is 0 Å². The lowest BCUT2D eigenvalue weighted by atomic mass is 10.1. The Balaban J connectivity index is 3.89. The highest BCUT2D eigenvalue weighted by Crippen LogP contribution is 2.01. The minimum atomic E-state index is 0.796. The molecule has 0 aromatic rings. The Morgan fingerprint density at radius 2 is 2.36 bits per heavy atom. The van der Waals surface area contributed by atoms with Crippen molar-refractivity contribution >= 4 is 0 Å². The summed E-state index contributed by atoms with van der Waals surface area (Å²) >= 11 is 0. The molecule has 0 heterocycles. The van der Waals surface area contributed by atoms with Crippen molar-refractivity contribution in [1.29, 1.82) is 0 Å². The van der Waals surface area contributed by atoms with Gasteiger partial charge in [-0.3, -0.25) is 11.3 Å². The van der Waals surface area contributed by atoms with E-state index in [1.807, 2.05) is 19.1 Å². The van der Waals surface area contributed by atoms with Crippen molar-refractivity contribution < 1.29 is 0 Å². The van der Waals surface area contributed by atoms with Crippen LogP contribution < -0.4 is 11.3 Å². The van der Waals surface area contributed by atoms with Crippen LogP contribution >= 0.6 is 0 Å². The summed E-state index contributed by atoms with van der Waals surface area (Å²) in [6, 6.07) is 0. The van der Waals surface area contributed by atoms with Gasteiger partial charge in [0, 0.05) is 6.54 Å². The number of hydrazine groups is 1. The maximum Gasteiger partial charge on any atom is 0.0138 e. The number of nitrogens with two attached hydrogens (primary N) is 1. The van der Waals surface area contributed by atoms with Crippen LogP contribution in [0.25, 0.3) is 0 Å². The molecule has 0 aromatic heterocycles. The Kier molecular flexibility index (Phi) is 6.68. The third-order valence-electron chi connectivity index (χ3n) is 1.27. The predicted octanol–water partition coefficient (Wildman–Crippen LogP) is 1.53. The van der Waals surface area contributed by atoms with E-state index in [9.17, 15) is 0 Å². The first-order valence-corrected chi connectivity index (χ1v) is 3.73. The lowest BCUT2D eigenvalue weighted by molar-refractivity contribution is 0.730. The van der Waals surface area contributed by atoms with E-state index in [4.69, 9.17) is 5.84 Å². The van der Waals surface area contributed by atoms with Crippen LogP contribution in [0.1, 0.15) is 13.3 Å². The zero-order chi connectivity index (χ0) is 8.53. The molecular weight excluding hydrogens is 136 g/mol. The van der Waals surface area contributed by atoms with E-state index in [0.29, 0.717) is 0 Å². The maximum absolute atomic E-state index is 5.14. The minimum absolute atomic E-state index is 0.796. The van der Waals surface area contributed by atoms with Gasteiger partial charge in [-0.15, -0.1) is 0 Å². The van der Waals surface area contributed by atoms with E-state index in [-0.39, 0.29) is 0 Å². The fourth-order valence-electron chi connectivity index (χ4n) is 0.804. The van der Waals surface area contributed by atoms with Gasteiger partial charge in [-0.25, -0.2) is 0 Å². The third-order valence-corrected chi connectivity index (χ3v) is 1.27. The van der Waals surface area contributed by atoms with Crippen LogP contribution in [0.5, 0.6) is 0 Å². The van der Waals surface area contributed by atoms with Crippen molar-refractivity contribution in [3.05, 3.63) is 36.5 Å². The topological polar surface area (TPSA) is 38.0 Å². The molecule has 0 radical (unpaired) electrons. The van der Waals surface area contributed by atoms with E-state index in [1.165, 1.54) is 5.57 Å². The quantitative estimate of drug-likeness (QED) is 0.356. The number of nitrogens with one attached hydrogen (secondary N) is 1. The molecule has 0 saturated carbocycles. The van der Waals surface area contributed by atoms with Gasteiger partial charge in [0.1, 0.15) is 0 Å². The van der Waals surface area contributed by atoms with Crippen molar-refractivity contribution in [1.82, 2.24) is 5.43 Å². The lowest BCUT2D eigenvalue weighted by Gasteiger charge is -1.99. The van der Waals surface area contributed by atoms with Gasteiger partial charge >= 0.3 is 0 Å². The predicted molar refractivity (Wildman–Crippen MR) is 49.9 cm³/mol. The third kappa shape index (κ3) is 5.58.